The van der Waals surface area contributed by atoms with Gasteiger partial charge in [0.25, 0.3) is 0 Å². The molecule has 0 N–H and O–H groups in total. The Hall–Kier alpha value is -1.74. The van der Waals surface area contributed by atoms with E-state index in [1.54, 1.807) is 18.9 Å². The standard InChI is InChI=1S/C24H32F3N3OS/c1-28(13-7-8-14-29-15-17-30(18-16-29)24(25,26)27)19-20-9-3-5-11-22(20)32-23-12-6-4-10-21(23)31-2/h3-6,9-12H,7-8,13-19H2,1-2H3. The number of rotatable bonds is 10. The van der Waals surface area contributed by atoms with E-state index in [2.05, 4.69) is 47.2 Å². The Kier molecular flexibility index (Phi) is 9.28. The van der Waals surface area contributed by atoms with Gasteiger partial charge in [-0.1, -0.05) is 42.1 Å². The van der Waals surface area contributed by atoms with Crippen molar-refractivity contribution in [1.29, 1.82) is 0 Å². The van der Waals surface area contributed by atoms with Gasteiger partial charge >= 0.3 is 6.30 Å². The molecule has 1 fully saturated rings. The smallest absolute Gasteiger partial charge is 0.460 e. The third-order valence-corrected chi connectivity index (χ3v) is 6.87. The van der Waals surface area contributed by atoms with Crippen LogP contribution >= 0.6 is 11.8 Å². The zero-order chi connectivity index (χ0) is 23.0. The molecule has 0 bridgehead atoms. The summed E-state index contributed by atoms with van der Waals surface area (Å²) in [5.41, 5.74) is 1.27. The Balaban J connectivity index is 1.42. The molecule has 0 aromatic heterocycles. The number of ether oxygens (including phenoxy) is 1. The van der Waals surface area contributed by atoms with Crippen molar-refractivity contribution < 1.29 is 17.9 Å². The lowest BCUT2D eigenvalue weighted by atomic mass is 10.2. The Morgan fingerprint density at radius 2 is 1.59 bits per heavy atom. The average molecular weight is 468 g/mol. The number of methoxy groups -OCH3 is 1. The first-order chi connectivity index (χ1) is 15.4. The van der Waals surface area contributed by atoms with E-state index in [0.29, 0.717) is 18.0 Å². The number of piperazine rings is 1. The van der Waals surface area contributed by atoms with Crippen LogP contribution in [0.1, 0.15) is 18.4 Å². The van der Waals surface area contributed by atoms with Crippen LogP contribution in [0.15, 0.2) is 58.3 Å². The number of nitrogens with zero attached hydrogens (tertiary/aromatic N) is 3. The van der Waals surface area contributed by atoms with Crippen LogP contribution in [0.5, 0.6) is 5.75 Å². The van der Waals surface area contributed by atoms with E-state index >= 15 is 0 Å². The maximum absolute atomic E-state index is 12.7. The molecule has 176 valence electrons. The zero-order valence-electron chi connectivity index (χ0n) is 18.8. The second kappa shape index (κ2) is 11.9. The molecule has 1 heterocycles. The Labute approximate surface area is 193 Å². The van der Waals surface area contributed by atoms with Gasteiger partial charge in [-0.25, -0.2) is 4.90 Å². The lowest BCUT2D eigenvalue weighted by Gasteiger charge is -2.35. The molecule has 1 saturated heterocycles. The summed E-state index contributed by atoms with van der Waals surface area (Å²) < 4.78 is 43.7. The van der Waals surface area contributed by atoms with E-state index in [0.717, 1.165) is 43.1 Å². The maximum Gasteiger partial charge on any atom is 0.460 e. The molecule has 1 aliphatic rings. The van der Waals surface area contributed by atoms with Crippen LogP contribution in [-0.4, -0.2) is 74.4 Å². The summed E-state index contributed by atoms with van der Waals surface area (Å²) in [5, 5.41) is 0. The molecule has 0 aliphatic carbocycles. The minimum absolute atomic E-state index is 0.0735. The third-order valence-electron chi connectivity index (χ3n) is 5.70. The minimum Gasteiger partial charge on any atom is -0.496 e. The highest BCUT2D eigenvalue weighted by atomic mass is 32.2. The summed E-state index contributed by atoms with van der Waals surface area (Å²) in [4.78, 5) is 7.37. The highest BCUT2D eigenvalue weighted by Gasteiger charge is 2.38. The van der Waals surface area contributed by atoms with Gasteiger partial charge in [-0.2, -0.15) is 13.2 Å². The van der Waals surface area contributed by atoms with Gasteiger partial charge < -0.3 is 14.5 Å². The fourth-order valence-corrected chi connectivity index (χ4v) is 4.91. The molecule has 0 unspecified atom stereocenters. The van der Waals surface area contributed by atoms with Gasteiger partial charge in [0.2, 0.25) is 0 Å². The number of halogens is 3. The van der Waals surface area contributed by atoms with Gasteiger partial charge in [0.15, 0.2) is 0 Å². The second-order valence-electron chi connectivity index (χ2n) is 8.10. The molecule has 1 aliphatic heterocycles. The molecule has 4 nitrogen and oxygen atoms in total. The van der Waals surface area contributed by atoms with E-state index < -0.39 is 6.30 Å². The molecule has 0 amide bonds. The summed E-state index contributed by atoms with van der Waals surface area (Å²) in [6.45, 7) is 3.79. The first-order valence-corrected chi connectivity index (χ1v) is 11.8. The van der Waals surface area contributed by atoms with Crippen LogP contribution in [0.2, 0.25) is 0 Å². The molecule has 0 spiro atoms. The quantitative estimate of drug-likeness (QED) is 0.352. The van der Waals surface area contributed by atoms with Crippen molar-refractivity contribution in [2.24, 2.45) is 0 Å². The first-order valence-electron chi connectivity index (χ1n) is 11.0. The molecule has 32 heavy (non-hydrogen) atoms. The maximum atomic E-state index is 12.7. The summed E-state index contributed by atoms with van der Waals surface area (Å²) in [5.74, 6) is 0.872. The van der Waals surface area contributed by atoms with Crippen LogP contribution in [0, 0.1) is 0 Å². The van der Waals surface area contributed by atoms with Gasteiger partial charge in [-0.15, -0.1) is 0 Å². The van der Waals surface area contributed by atoms with Crippen molar-refractivity contribution in [3.8, 4) is 5.75 Å². The molecule has 0 saturated carbocycles. The number of alkyl halides is 3. The monoisotopic (exact) mass is 467 g/mol. The third kappa shape index (κ3) is 7.40. The number of benzene rings is 2. The van der Waals surface area contributed by atoms with Gasteiger partial charge in [0.05, 0.1) is 12.0 Å². The largest absolute Gasteiger partial charge is 0.496 e. The van der Waals surface area contributed by atoms with Gasteiger partial charge in [0.1, 0.15) is 5.75 Å². The molecule has 8 heteroatoms. The van der Waals surface area contributed by atoms with Crippen molar-refractivity contribution in [2.75, 3.05) is 53.4 Å². The lowest BCUT2D eigenvalue weighted by Crippen LogP contribution is -2.51. The Bertz CT molecular complexity index is 841. The molecule has 0 atom stereocenters. The van der Waals surface area contributed by atoms with E-state index in [9.17, 15) is 13.2 Å². The molecular formula is C24H32F3N3OS. The van der Waals surface area contributed by atoms with Crippen molar-refractivity contribution in [3.63, 3.8) is 0 Å². The summed E-state index contributed by atoms with van der Waals surface area (Å²) in [6, 6.07) is 16.4. The number of hydrogen-bond acceptors (Lipinski definition) is 5. The second-order valence-corrected chi connectivity index (χ2v) is 9.19. The molecular weight excluding hydrogens is 435 g/mol. The predicted octanol–water partition coefficient (Wildman–Crippen LogP) is 5.20. The van der Waals surface area contributed by atoms with E-state index in [4.69, 9.17) is 4.74 Å². The van der Waals surface area contributed by atoms with Crippen LogP contribution in [0.3, 0.4) is 0 Å². The molecule has 2 aromatic rings. The van der Waals surface area contributed by atoms with E-state index in [-0.39, 0.29) is 13.1 Å². The van der Waals surface area contributed by atoms with E-state index in [1.807, 2.05) is 18.2 Å². The lowest BCUT2D eigenvalue weighted by molar-refractivity contribution is -0.252. The number of hydrogen-bond donors (Lipinski definition) is 0. The summed E-state index contributed by atoms with van der Waals surface area (Å²) >= 11 is 1.71. The fourth-order valence-electron chi connectivity index (χ4n) is 3.87. The number of para-hydroxylation sites is 1. The molecule has 2 aromatic carbocycles. The van der Waals surface area contributed by atoms with Crippen LogP contribution in [0.4, 0.5) is 13.2 Å². The highest BCUT2D eigenvalue weighted by molar-refractivity contribution is 7.99. The highest BCUT2D eigenvalue weighted by Crippen LogP contribution is 2.36. The van der Waals surface area contributed by atoms with Crippen molar-refractivity contribution in [1.82, 2.24) is 14.7 Å². The molecule has 0 radical (unpaired) electrons. The van der Waals surface area contributed by atoms with Gasteiger partial charge in [-0.05, 0) is 56.7 Å². The minimum atomic E-state index is -4.20. The Morgan fingerprint density at radius 3 is 2.28 bits per heavy atom. The van der Waals surface area contributed by atoms with Crippen LogP contribution < -0.4 is 4.74 Å². The van der Waals surface area contributed by atoms with Crippen molar-refractivity contribution in [2.45, 2.75) is 35.5 Å². The van der Waals surface area contributed by atoms with Crippen molar-refractivity contribution in [3.05, 3.63) is 54.1 Å². The SMILES string of the molecule is COc1ccccc1Sc1ccccc1CN(C)CCCCN1CCN(C(F)(F)F)CC1. The summed E-state index contributed by atoms with van der Waals surface area (Å²) in [6.07, 6.45) is -2.18. The fraction of sp³-hybridized carbons (Fsp3) is 0.500. The zero-order valence-corrected chi connectivity index (χ0v) is 19.6. The Morgan fingerprint density at radius 1 is 0.938 bits per heavy atom. The van der Waals surface area contributed by atoms with Crippen LogP contribution in [0.25, 0.3) is 0 Å². The number of unbranched alkanes of at least 4 members (excludes halogenated alkanes) is 1. The van der Waals surface area contributed by atoms with E-state index in [1.165, 1.54) is 10.5 Å². The normalized spacial score (nSPS) is 15.9. The van der Waals surface area contributed by atoms with Crippen LogP contribution in [-0.2, 0) is 6.54 Å². The average Bonchev–Trinajstić information content (AvgIpc) is 2.78. The van der Waals surface area contributed by atoms with Crippen molar-refractivity contribution >= 4 is 11.8 Å². The predicted molar refractivity (Wildman–Crippen MR) is 123 cm³/mol. The summed E-state index contributed by atoms with van der Waals surface area (Å²) in [7, 11) is 3.81. The molecule has 3 rings (SSSR count). The first kappa shape index (κ1) is 24.9. The van der Waals surface area contributed by atoms with Gasteiger partial charge in [-0.3, -0.25) is 0 Å². The van der Waals surface area contributed by atoms with Gasteiger partial charge in [0, 0.05) is 37.6 Å². The topological polar surface area (TPSA) is 19.0 Å².